The SMILES string of the molecule is Cn1cc(CN2C(=O)C3CC(S(=O)(=O)NC4(CF)CC4)CCC3N(Cc3cn(C)nn3)C2=O)cn1. The quantitative estimate of drug-likeness (QED) is 0.548. The highest BCUT2D eigenvalue weighted by atomic mass is 32.2. The number of rotatable bonds is 8. The highest BCUT2D eigenvalue weighted by molar-refractivity contribution is 7.90. The number of nitrogens with one attached hydrogen (secondary N) is 1. The number of nitrogens with zero attached hydrogens (tertiary/aromatic N) is 7. The molecular weight excluding hydrogens is 479 g/mol. The second-order valence-corrected chi connectivity index (χ2v) is 11.9. The molecule has 14 heteroatoms. The molecule has 3 heterocycles. The van der Waals surface area contributed by atoms with Crippen molar-refractivity contribution in [2.75, 3.05) is 6.67 Å². The Morgan fingerprint density at radius 1 is 1.14 bits per heavy atom. The Balaban J connectivity index is 1.42. The predicted molar refractivity (Wildman–Crippen MR) is 121 cm³/mol. The third-order valence-corrected chi connectivity index (χ3v) is 9.24. The number of imide groups is 1. The topological polar surface area (TPSA) is 135 Å². The molecule has 3 fully saturated rings. The minimum absolute atomic E-state index is 0.0341. The first kappa shape index (κ1) is 23.9. The Bertz CT molecular complexity index is 1240. The largest absolute Gasteiger partial charge is 0.327 e. The van der Waals surface area contributed by atoms with Gasteiger partial charge in [-0.05, 0) is 32.1 Å². The molecule has 1 aliphatic heterocycles. The minimum Gasteiger partial charge on any atom is -0.314 e. The average molecular weight is 509 g/mol. The van der Waals surface area contributed by atoms with E-state index in [0.29, 0.717) is 30.5 Å². The summed E-state index contributed by atoms with van der Waals surface area (Å²) in [6, 6.07) is -0.899. The summed E-state index contributed by atoms with van der Waals surface area (Å²) < 4.78 is 45.2. The van der Waals surface area contributed by atoms with Crippen LogP contribution in [0.5, 0.6) is 0 Å². The Morgan fingerprint density at radius 2 is 1.91 bits per heavy atom. The Morgan fingerprint density at radius 3 is 2.51 bits per heavy atom. The number of hydrogen-bond acceptors (Lipinski definition) is 7. The van der Waals surface area contributed by atoms with Crippen LogP contribution in [0.4, 0.5) is 9.18 Å². The molecule has 3 aliphatic rings. The summed E-state index contributed by atoms with van der Waals surface area (Å²) >= 11 is 0. The van der Waals surface area contributed by atoms with Gasteiger partial charge in [0.25, 0.3) is 0 Å². The molecule has 2 saturated carbocycles. The van der Waals surface area contributed by atoms with Gasteiger partial charge in [0.1, 0.15) is 12.4 Å². The van der Waals surface area contributed by atoms with Crippen molar-refractivity contribution in [3.8, 4) is 0 Å². The molecule has 3 unspecified atom stereocenters. The predicted octanol–water partition coefficient (Wildman–Crippen LogP) is 0.472. The van der Waals surface area contributed by atoms with Gasteiger partial charge < -0.3 is 4.90 Å². The number of carbonyl (C=O) groups is 2. The van der Waals surface area contributed by atoms with Crippen LogP contribution in [0.1, 0.15) is 43.4 Å². The van der Waals surface area contributed by atoms with Crippen LogP contribution in [0.15, 0.2) is 18.6 Å². The van der Waals surface area contributed by atoms with Gasteiger partial charge in [0.05, 0.1) is 36.0 Å². The van der Waals surface area contributed by atoms with E-state index in [1.54, 1.807) is 42.3 Å². The van der Waals surface area contributed by atoms with Crippen molar-refractivity contribution in [2.24, 2.45) is 20.0 Å². The molecular formula is C21H29FN8O4S. The number of halogens is 1. The molecule has 1 saturated heterocycles. The summed E-state index contributed by atoms with van der Waals surface area (Å²) in [7, 11) is -0.359. The molecule has 2 aromatic heterocycles. The maximum Gasteiger partial charge on any atom is 0.327 e. The lowest BCUT2D eigenvalue weighted by atomic mass is 9.80. The normalized spacial score (nSPS) is 26.2. The number of amides is 3. The van der Waals surface area contributed by atoms with E-state index in [4.69, 9.17) is 0 Å². The number of urea groups is 1. The lowest BCUT2D eigenvalue weighted by Gasteiger charge is -2.48. The first-order chi connectivity index (χ1) is 16.6. The van der Waals surface area contributed by atoms with Crippen LogP contribution in [0.2, 0.25) is 0 Å². The third kappa shape index (κ3) is 4.56. The van der Waals surface area contributed by atoms with Crippen LogP contribution in [0.3, 0.4) is 0 Å². The number of hydrogen-bond donors (Lipinski definition) is 1. The molecule has 0 radical (unpaired) electrons. The number of alkyl halides is 1. The first-order valence-electron chi connectivity index (χ1n) is 11.6. The van der Waals surface area contributed by atoms with Crippen LogP contribution in [0.25, 0.3) is 0 Å². The second kappa shape index (κ2) is 8.66. The van der Waals surface area contributed by atoms with Crippen LogP contribution in [0, 0.1) is 5.92 Å². The molecule has 2 aromatic rings. The highest BCUT2D eigenvalue weighted by Gasteiger charge is 2.53. The van der Waals surface area contributed by atoms with Gasteiger partial charge in [-0.2, -0.15) is 5.10 Å². The van der Waals surface area contributed by atoms with E-state index in [1.807, 2.05) is 0 Å². The molecule has 5 rings (SSSR count). The number of carbonyl (C=O) groups excluding carboxylic acids is 2. The third-order valence-electron chi connectivity index (χ3n) is 7.21. The van der Waals surface area contributed by atoms with Crippen LogP contribution < -0.4 is 4.72 Å². The van der Waals surface area contributed by atoms with Gasteiger partial charge in [-0.15, -0.1) is 5.10 Å². The van der Waals surface area contributed by atoms with Gasteiger partial charge >= 0.3 is 6.03 Å². The molecule has 0 aromatic carbocycles. The fourth-order valence-corrected chi connectivity index (χ4v) is 7.07. The van der Waals surface area contributed by atoms with Gasteiger partial charge in [-0.25, -0.2) is 22.3 Å². The molecule has 35 heavy (non-hydrogen) atoms. The van der Waals surface area contributed by atoms with Gasteiger partial charge in [0.15, 0.2) is 0 Å². The number of aryl methyl sites for hydroxylation is 2. The standard InChI is InChI=1S/C21H29FN8O4S/c1-27-9-14(8-23-27)10-30-19(31)17-7-16(35(33,34)25-21(13-22)5-6-21)3-4-18(17)29(20(30)32)12-15-11-28(2)26-24-15/h8-9,11,16-18,25H,3-7,10,12-13H2,1-2H3. The molecule has 0 bridgehead atoms. The van der Waals surface area contributed by atoms with Crippen LogP contribution >= 0.6 is 0 Å². The van der Waals surface area contributed by atoms with Crippen molar-refractivity contribution in [1.29, 1.82) is 0 Å². The fourth-order valence-electron chi connectivity index (χ4n) is 5.14. The van der Waals surface area contributed by atoms with Crippen LogP contribution in [-0.4, -0.2) is 78.4 Å². The maximum atomic E-state index is 13.6. The molecule has 12 nitrogen and oxygen atoms in total. The smallest absolute Gasteiger partial charge is 0.314 e. The number of fused-ring (bicyclic) bond motifs is 1. The molecule has 2 aliphatic carbocycles. The molecule has 0 spiro atoms. The zero-order valence-corrected chi connectivity index (χ0v) is 20.5. The van der Waals surface area contributed by atoms with E-state index < -0.39 is 51.4 Å². The van der Waals surface area contributed by atoms with E-state index >= 15 is 0 Å². The Labute approximate surface area is 202 Å². The summed E-state index contributed by atoms with van der Waals surface area (Å²) in [5.74, 6) is -1.09. The average Bonchev–Trinajstić information content (AvgIpc) is 3.26. The molecule has 190 valence electrons. The van der Waals surface area contributed by atoms with E-state index in [1.165, 1.54) is 9.58 Å². The van der Waals surface area contributed by atoms with Gasteiger partial charge in [-0.1, -0.05) is 5.21 Å². The second-order valence-electron chi connectivity index (χ2n) is 9.91. The van der Waals surface area contributed by atoms with Crippen molar-refractivity contribution in [1.82, 2.24) is 39.3 Å². The Hall–Kier alpha value is -2.87. The fraction of sp³-hybridized carbons (Fsp3) is 0.667. The van der Waals surface area contributed by atoms with Crippen molar-refractivity contribution in [3.63, 3.8) is 0 Å². The van der Waals surface area contributed by atoms with E-state index in [0.717, 1.165) is 0 Å². The lowest BCUT2D eigenvalue weighted by molar-refractivity contribution is -0.141. The number of aromatic nitrogens is 5. The lowest BCUT2D eigenvalue weighted by Crippen LogP contribution is -2.63. The minimum atomic E-state index is -3.83. The van der Waals surface area contributed by atoms with Crippen molar-refractivity contribution in [3.05, 3.63) is 29.8 Å². The van der Waals surface area contributed by atoms with E-state index in [9.17, 15) is 22.4 Å². The maximum absolute atomic E-state index is 13.6. The van der Waals surface area contributed by atoms with Crippen molar-refractivity contribution in [2.45, 2.75) is 62.0 Å². The molecule has 3 atom stereocenters. The molecule has 1 N–H and O–H groups in total. The van der Waals surface area contributed by atoms with Gasteiger partial charge in [0, 0.05) is 38.1 Å². The van der Waals surface area contributed by atoms with E-state index in [2.05, 4.69) is 20.1 Å². The van der Waals surface area contributed by atoms with Crippen LogP contribution in [-0.2, 0) is 42.0 Å². The number of sulfonamides is 1. The Kier molecular flexibility index (Phi) is 5.90. The summed E-state index contributed by atoms with van der Waals surface area (Å²) in [6.45, 7) is -0.555. The monoisotopic (exact) mass is 508 g/mol. The zero-order chi connectivity index (χ0) is 25.0. The molecule has 3 amide bonds. The van der Waals surface area contributed by atoms with Gasteiger partial charge in [0.2, 0.25) is 15.9 Å². The van der Waals surface area contributed by atoms with E-state index in [-0.39, 0.29) is 25.9 Å². The summed E-state index contributed by atoms with van der Waals surface area (Å²) in [5, 5.41) is 11.3. The van der Waals surface area contributed by atoms with Crippen molar-refractivity contribution >= 4 is 22.0 Å². The summed E-state index contributed by atoms with van der Waals surface area (Å²) in [5.41, 5.74) is 0.268. The first-order valence-corrected chi connectivity index (χ1v) is 13.2. The summed E-state index contributed by atoms with van der Waals surface area (Å²) in [4.78, 5) is 29.8. The summed E-state index contributed by atoms with van der Waals surface area (Å²) in [6.07, 6.45) is 6.65. The zero-order valence-electron chi connectivity index (χ0n) is 19.7. The van der Waals surface area contributed by atoms with Gasteiger partial charge in [-0.3, -0.25) is 19.1 Å². The highest BCUT2D eigenvalue weighted by Crippen LogP contribution is 2.41. The van der Waals surface area contributed by atoms with Crippen molar-refractivity contribution < 1.29 is 22.4 Å².